The van der Waals surface area contributed by atoms with E-state index in [4.69, 9.17) is 11.6 Å². The molecule has 4 nitrogen and oxygen atoms in total. The minimum Gasteiger partial charge on any atom is -0.381 e. The van der Waals surface area contributed by atoms with Gasteiger partial charge in [-0.3, -0.25) is 0 Å². The van der Waals surface area contributed by atoms with E-state index in [1.165, 1.54) is 44.9 Å². The number of anilines is 1. The normalized spacial score (nSPS) is 16.9. The van der Waals surface area contributed by atoms with Crippen LogP contribution in [0.15, 0.2) is 30.9 Å². The highest BCUT2D eigenvalue weighted by Crippen LogP contribution is 2.30. The van der Waals surface area contributed by atoms with Gasteiger partial charge in [0.25, 0.3) is 0 Å². The highest BCUT2D eigenvalue weighted by molar-refractivity contribution is 6.33. The third-order valence-electron chi connectivity index (χ3n) is 3.85. The first-order valence-corrected chi connectivity index (χ1v) is 7.62. The fourth-order valence-corrected chi connectivity index (χ4v) is 3.09. The summed E-state index contributed by atoms with van der Waals surface area (Å²) in [5, 5.41) is 8.54. The molecule has 0 aliphatic heterocycles. The van der Waals surface area contributed by atoms with Crippen molar-refractivity contribution in [3.63, 3.8) is 0 Å². The second-order valence-corrected chi connectivity index (χ2v) is 5.72. The molecule has 1 aromatic carbocycles. The molecule has 106 valence electrons. The summed E-state index contributed by atoms with van der Waals surface area (Å²) < 4.78 is 1.72. The Morgan fingerprint density at radius 3 is 2.65 bits per heavy atom. The van der Waals surface area contributed by atoms with Gasteiger partial charge in [-0.15, -0.1) is 0 Å². The molecule has 1 heterocycles. The molecule has 0 bridgehead atoms. The van der Waals surface area contributed by atoms with Gasteiger partial charge in [0.05, 0.1) is 10.7 Å². The van der Waals surface area contributed by atoms with Gasteiger partial charge >= 0.3 is 0 Å². The molecule has 1 aliphatic carbocycles. The lowest BCUT2D eigenvalue weighted by Crippen LogP contribution is -2.19. The van der Waals surface area contributed by atoms with Crippen molar-refractivity contribution in [3.8, 4) is 5.69 Å². The van der Waals surface area contributed by atoms with Crippen LogP contribution in [0.25, 0.3) is 5.69 Å². The van der Waals surface area contributed by atoms with E-state index < -0.39 is 0 Å². The summed E-state index contributed by atoms with van der Waals surface area (Å²) in [5.74, 6) is 0. The van der Waals surface area contributed by atoms with E-state index in [-0.39, 0.29) is 0 Å². The van der Waals surface area contributed by atoms with E-state index in [0.717, 1.165) is 11.4 Å². The molecule has 0 radical (unpaired) electrons. The average Bonchev–Trinajstić information content (AvgIpc) is 2.84. The molecule has 1 fully saturated rings. The fourth-order valence-electron chi connectivity index (χ4n) is 2.83. The molecule has 0 amide bonds. The van der Waals surface area contributed by atoms with Crippen molar-refractivity contribution in [2.75, 3.05) is 5.32 Å². The van der Waals surface area contributed by atoms with Crippen molar-refractivity contribution < 1.29 is 0 Å². The van der Waals surface area contributed by atoms with Crippen LogP contribution in [0.2, 0.25) is 5.02 Å². The summed E-state index contributed by atoms with van der Waals surface area (Å²) in [7, 11) is 0. The summed E-state index contributed by atoms with van der Waals surface area (Å²) in [6, 6.07) is 6.45. The lowest BCUT2D eigenvalue weighted by Gasteiger charge is -2.20. The first-order chi connectivity index (χ1) is 9.84. The van der Waals surface area contributed by atoms with Gasteiger partial charge in [-0.25, -0.2) is 9.67 Å². The molecule has 2 aromatic rings. The molecule has 1 N–H and O–H groups in total. The SMILES string of the molecule is Clc1cccc(NC2CCCCCC2)c1-n1cncn1. The van der Waals surface area contributed by atoms with Gasteiger partial charge in [-0.05, 0) is 25.0 Å². The number of hydrogen-bond acceptors (Lipinski definition) is 3. The van der Waals surface area contributed by atoms with Crippen LogP contribution in [0, 0.1) is 0 Å². The molecular weight excluding hydrogens is 272 g/mol. The van der Waals surface area contributed by atoms with E-state index in [0.29, 0.717) is 11.1 Å². The van der Waals surface area contributed by atoms with Gasteiger partial charge in [-0.1, -0.05) is 43.4 Å². The van der Waals surface area contributed by atoms with Crippen LogP contribution in [-0.4, -0.2) is 20.8 Å². The average molecular weight is 291 g/mol. The number of halogens is 1. The summed E-state index contributed by atoms with van der Waals surface area (Å²) >= 11 is 6.34. The Kier molecular flexibility index (Phi) is 4.21. The van der Waals surface area contributed by atoms with Crippen LogP contribution in [-0.2, 0) is 0 Å². The molecule has 1 saturated carbocycles. The van der Waals surface area contributed by atoms with E-state index in [1.807, 2.05) is 12.1 Å². The zero-order chi connectivity index (χ0) is 13.8. The molecular formula is C15H19ClN4. The summed E-state index contributed by atoms with van der Waals surface area (Å²) in [6.45, 7) is 0. The fraction of sp³-hybridized carbons (Fsp3) is 0.467. The largest absolute Gasteiger partial charge is 0.381 e. The first-order valence-electron chi connectivity index (χ1n) is 7.24. The quantitative estimate of drug-likeness (QED) is 0.867. The first kappa shape index (κ1) is 13.4. The number of nitrogens with zero attached hydrogens (tertiary/aromatic N) is 3. The molecule has 20 heavy (non-hydrogen) atoms. The maximum atomic E-state index is 6.34. The topological polar surface area (TPSA) is 42.7 Å². The van der Waals surface area contributed by atoms with Crippen molar-refractivity contribution >= 4 is 17.3 Å². The second-order valence-electron chi connectivity index (χ2n) is 5.31. The van der Waals surface area contributed by atoms with Crippen LogP contribution < -0.4 is 5.32 Å². The third kappa shape index (κ3) is 2.96. The van der Waals surface area contributed by atoms with Gasteiger partial charge in [-0.2, -0.15) is 5.10 Å². The van der Waals surface area contributed by atoms with Gasteiger partial charge in [0.1, 0.15) is 18.3 Å². The number of hydrogen-bond donors (Lipinski definition) is 1. The van der Waals surface area contributed by atoms with Gasteiger partial charge in [0.2, 0.25) is 0 Å². The third-order valence-corrected chi connectivity index (χ3v) is 4.15. The Bertz CT molecular complexity index is 545. The summed E-state index contributed by atoms with van der Waals surface area (Å²) in [6.07, 6.45) is 11.0. The molecule has 0 atom stereocenters. The van der Waals surface area contributed by atoms with Gasteiger partial charge in [0, 0.05) is 6.04 Å². The van der Waals surface area contributed by atoms with E-state index in [9.17, 15) is 0 Å². The van der Waals surface area contributed by atoms with E-state index >= 15 is 0 Å². The Morgan fingerprint density at radius 1 is 1.15 bits per heavy atom. The van der Waals surface area contributed by atoms with E-state index in [2.05, 4.69) is 21.5 Å². The zero-order valence-electron chi connectivity index (χ0n) is 11.4. The monoisotopic (exact) mass is 290 g/mol. The molecule has 5 heteroatoms. The van der Waals surface area contributed by atoms with Crippen molar-refractivity contribution in [1.29, 1.82) is 0 Å². The van der Waals surface area contributed by atoms with Crippen molar-refractivity contribution in [2.24, 2.45) is 0 Å². The maximum Gasteiger partial charge on any atom is 0.138 e. The lowest BCUT2D eigenvalue weighted by molar-refractivity contribution is 0.619. The molecule has 0 spiro atoms. The Hall–Kier alpha value is -1.55. The van der Waals surface area contributed by atoms with Crippen LogP contribution in [0.5, 0.6) is 0 Å². The highest BCUT2D eigenvalue weighted by atomic mass is 35.5. The smallest absolute Gasteiger partial charge is 0.138 e. The highest BCUT2D eigenvalue weighted by Gasteiger charge is 2.16. The zero-order valence-corrected chi connectivity index (χ0v) is 12.2. The van der Waals surface area contributed by atoms with Crippen LogP contribution in [0.4, 0.5) is 5.69 Å². The minimum absolute atomic E-state index is 0.526. The predicted molar refractivity (Wildman–Crippen MR) is 81.5 cm³/mol. The van der Waals surface area contributed by atoms with Crippen LogP contribution in [0.3, 0.4) is 0 Å². The summed E-state index contributed by atoms with van der Waals surface area (Å²) in [4.78, 5) is 4.01. The molecule has 3 rings (SSSR count). The van der Waals surface area contributed by atoms with Crippen molar-refractivity contribution in [2.45, 2.75) is 44.6 Å². The number of benzene rings is 1. The Labute approximate surface area is 124 Å². The predicted octanol–water partition coefficient (Wildman–Crippen LogP) is 4.06. The van der Waals surface area contributed by atoms with Gasteiger partial charge < -0.3 is 5.32 Å². The standard InChI is InChI=1S/C15H19ClN4/c16-13-8-5-9-14(15(13)20-11-17-10-18-20)19-12-6-3-1-2-4-7-12/h5,8-12,19H,1-4,6-7H2. The number of nitrogens with one attached hydrogen (secondary N) is 1. The number of aromatic nitrogens is 3. The van der Waals surface area contributed by atoms with E-state index in [1.54, 1.807) is 11.0 Å². The molecule has 1 aromatic heterocycles. The Balaban J connectivity index is 1.87. The minimum atomic E-state index is 0.526. The lowest BCUT2D eigenvalue weighted by atomic mass is 10.1. The Morgan fingerprint density at radius 2 is 1.95 bits per heavy atom. The summed E-state index contributed by atoms with van der Waals surface area (Å²) in [5.41, 5.74) is 1.92. The van der Waals surface area contributed by atoms with Crippen molar-refractivity contribution in [1.82, 2.24) is 14.8 Å². The van der Waals surface area contributed by atoms with Crippen molar-refractivity contribution in [3.05, 3.63) is 35.9 Å². The number of rotatable bonds is 3. The van der Waals surface area contributed by atoms with Gasteiger partial charge in [0.15, 0.2) is 0 Å². The maximum absolute atomic E-state index is 6.34. The second kappa shape index (κ2) is 6.27. The number of para-hydroxylation sites is 1. The van der Waals surface area contributed by atoms with Crippen LogP contribution >= 0.6 is 11.6 Å². The van der Waals surface area contributed by atoms with Crippen LogP contribution in [0.1, 0.15) is 38.5 Å². The molecule has 0 unspecified atom stereocenters. The molecule has 1 aliphatic rings. The molecule has 0 saturated heterocycles.